The summed E-state index contributed by atoms with van der Waals surface area (Å²) in [4.78, 5) is 11.6. The van der Waals surface area contributed by atoms with Crippen LogP contribution in [0.15, 0.2) is 54.6 Å². The second-order valence-electron chi connectivity index (χ2n) is 5.27. The largest absolute Gasteiger partial charge is 0.338 e. The molecule has 2 rings (SSSR count). The van der Waals surface area contributed by atoms with E-state index in [-0.39, 0.29) is 18.3 Å². The number of halogens is 2. The average molecular weight is 318 g/mol. The maximum absolute atomic E-state index is 13.4. The number of hydrogen-bond donors (Lipinski definition) is 2. The van der Waals surface area contributed by atoms with Gasteiger partial charge in [0, 0.05) is 19.0 Å². The molecular weight excluding hydrogens is 298 g/mol. The Hall–Kier alpha value is -2.43. The molecule has 1 atom stereocenters. The monoisotopic (exact) mass is 318 g/mol. The zero-order chi connectivity index (χ0) is 16.5. The van der Waals surface area contributed by atoms with Gasteiger partial charge in [-0.3, -0.25) is 0 Å². The van der Waals surface area contributed by atoms with Crippen molar-refractivity contribution in [3.05, 3.63) is 71.5 Å². The van der Waals surface area contributed by atoms with E-state index in [1.807, 2.05) is 36.4 Å². The Kier molecular flexibility index (Phi) is 6.54. The normalized spacial score (nSPS) is 11.7. The highest BCUT2D eigenvalue weighted by Crippen LogP contribution is 2.20. The topological polar surface area (TPSA) is 41.1 Å². The fourth-order valence-electron chi connectivity index (χ4n) is 2.42. The van der Waals surface area contributed by atoms with Crippen molar-refractivity contribution >= 4 is 6.03 Å². The lowest BCUT2D eigenvalue weighted by molar-refractivity contribution is 0.239. The summed E-state index contributed by atoms with van der Waals surface area (Å²) in [5.74, 6) is -0.267. The van der Waals surface area contributed by atoms with E-state index in [2.05, 4.69) is 10.6 Å². The number of rotatable bonds is 7. The molecule has 1 unspecified atom stereocenters. The molecule has 0 heterocycles. The van der Waals surface area contributed by atoms with Gasteiger partial charge in [-0.15, -0.1) is 0 Å². The van der Waals surface area contributed by atoms with Gasteiger partial charge in [-0.05, 0) is 29.7 Å². The molecule has 0 saturated heterocycles. The number of urea groups is 1. The van der Waals surface area contributed by atoms with E-state index < -0.39 is 12.7 Å². The smallest absolute Gasteiger partial charge is 0.314 e. The van der Waals surface area contributed by atoms with Crippen LogP contribution in [0.1, 0.15) is 17.0 Å². The summed E-state index contributed by atoms with van der Waals surface area (Å²) in [5, 5.41) is 5.17. The van der Waals surface area contributed by atoms with Gasteiger partial charge in [-0.2, -0.15) is 0 Å². The molecule has 3 nitrogen and oxygen atoms in total. The summed E-state index contributed by atoms with van der Waals surface area (Å²) in [6.07, 6.45) is 0.602. The van der Waals surface area contributed by atoms with Gasteiger partial charge >= 0.3 is 6.03 Å². The number of carbonyl (C=O) groups is 1. The summed E-state index contributed by atoms with van der Waals surface area (Å²) >= 11 is 0. The molecule has 0 aromatic heterocycles. The van der Waals surface area contributed by atoms with Gasteiger partial charge in [-0.25, -0.2) is 13.6 Å². The summed E-state index contributed by atoms with van der Waals surface area (Å²) in [6, 6.07) is 15.8. The van der Waals surface area contributed by atoms with Gasteiger partial charge in [0.25, 0.3) is 0 Å². The standard InChI is InChI=1S/C18H20F2N2O/c19-9-10-21-18(23)22-13-16(15-6-2-1-3-7-15)11-14-5-4-8-17(20)12-14/h1-8,12,16H,9-11,13H2,(H2,21,22,23). The second-order valence-corrected chi connectivity index (χ2v) is 5.27. The highest BCUT2D eigenvalue weighted by Gasteiger charge is 2.14. The van der Waals surface area contributed by atoms with E-state index in [0.717, 1.165) is 11.1 Å². The van der Waals surface area contributed by atoms with Crippen LogP contribution in [0.5, 0.6) is 0 Å². The van der Waals surface area contributed by atoms with E-state index in [0.29, 0.717) is 13.0 Å². The van der Waals surface area contributed by atoms with Gasteiger partial charge in [-0.1, -0.05) is 42.5 Å². The third kappa shape index (κ3) is 5.70. The van der Waals surface area contributed by atoms with E-state index in [4.69, 9.17) is 0 Å². The van der Waals surface area contributed by atoms with Crippen LogP contribution >= 0.6 is 0 Å². The Balaban J connectivity index is 2.05. The molecule has 0 aliphatic heterocycles. The average Bonchev–Trinajstić information content (AvgIpc) is 2.57. The van der Waals surface area contributed by atoms with Crippen LogP contribution in [0, 0.1) is 5.82 Å². The van der Waals surface area contributed by atoms with Crippen LogP contribution in [0.3, 0.4) is 0 Å². The van der Waals surface area contributed by atoms with Crippen LogP contribution in [0.25, 0.3) is 0 Å². The fraction of sp³-hybridized carbons (Fsp3) is 0.278. The number of hydrogen-bond acceptors (Lipinski definition) is 1. The lowest BCUT2D eigenvalue weighted by Gasteiger charge is -2.18. The number of amides is 2. The maximum atomic E-state index is 13.4. The number of alkyl halides is 1. The van der Waals surface area contributed by atoms with E-state index in [1.54, 1.807) is 6.07 Å². The third-order valence-electron chi connectivity index (χ3n) is 3.53. The van der Waals surface area contributed by atoms with Crippen molar-refractivity contribution in [2.24, 2.45) is 0 Å². The van der Waals surface area contributed by atoms with Gasteiger partial charge in [0.15, 0.2) is 0 Å². The molecule has 2 aromatic rings. The zero-order valence-corrected chi connectivity index (χ0v) is 12.8. The second kappa shape index (κ2) is 8.88. The molecule has 0 aliphatic carbocycles. The lowest BCUT2D eigenvalue weighted by Crippen LogP contribution is -2.39. The van der Waals surface area contributed by atoms with Crippen molar-refractivity contribution in [1.29, 1.82) is 0 Å². The van der Waals surface area contributed by atoms with Crippen molar-refractivity contribution in [1.82, 2.24) is 10.6 Å². The predicted octanol–water partition coefficient (Wildman–Crippen LogP) is 3.42. The van der Waals surface area contributed by atoms with Crippen molar-refractivity contribution < 1.29 is 13.6 Å². The lowest BCUT2D eigenvalue weighted by atomic mass is 9.92. The molecule has 2 amide bonds. The minimum absolute atomic E-state index is 0.00820. The minimum atomic E-state index is -0.598. The van der Waals surface area contributed by atoms with Crippen LogP contribution in [-0.2, 0) is 6.42 Å². The molecule has 0 bridgehead atoms. The molecular formula is C18H20F2N2O. The summed E-state index contributed by atoms with van der Waals surface area (Å²) < 4.78 is 25.4. The molecule has 0 fully saturated rings. The molecule has 2 aromatic carbocycles. The first kappa shape index (κ1) is 16.9. The highest BCUT2D eigenvalue weighted by atomic mass is 19.1. The first-order valence-corrected chi connectivity index (χ1v) is 7.56. The van der Waals surface area contributed by atoms with Crippen molar-refractivity contribution in [3.63, 3.8) is 0 Å². The van der Waals surface area contributed by atoms with Gasteiger partial charge in [0.1, 0.15) is 12.5 Å². The molecule has 0 saturated carbocycles. The van der Waals surface area contributed by atoms with Gasteiger partial charge in [0.2, 0.25) is 0 Å². The van der Waals surface area contributed by atoms with Crippen molar-refractivity contribution in [2.75, 3.05) is 19.8 Å². The summed E-state index contributed by atoms with van der Waals surface area (Å²) in [5.41, 5.74) is 1.92. The first-order valence-electron chi connectivity index (χ1n) is 7.56. The molecule has 2 N–H and O–H groups in total. The SMILES string of the molecule is O=C(NCCF)NCC(Cc1cccc(F)c1)c1ccccc1. The zero-order valence-electron chi connectivity index (χ0n) is 12.8. The maximum Gasteiger partial charge on any atom is 0.314 e. The third-order valence-corrected chi connectivity index (χ3v) is 3.53. The Morgan fingerprint density at radius 1 is 1.04 bits per heavy atom. The first-order chi connectivity index (χ1) is 11.2. The van der Waals surface area contributed by atoms with Crippen molar-refractivity contribution in [3.8, 4) is 0 Å². The molecule has 5 heteroatoms. The minimum Gasteiger partial charge on any atom is -0.338 e. The molecule has 0 aliphatic rings. The Morgan fingerprint density at radius 2 is 1.83 bits per heavy atom. The highest BCUT2D eigenvalue weighted by molar-refractivity contribution is 5.73. The van der Waals surface area contributed by atoms with E-state index in [1.165, 1.54) is 12.1 Å². The van der Waals surface area contributed by atoms with Gasteiger partial charge in [0.05, 0.1) is 0 Å². The van der Waals surface area contributed by atoms with Gasteiger partial charge < -0.3 is 10.6 Å². The van der Waals surface area contributed by atoms with E-state index >= 15 is 0 Å². The van der Waals surface area contributed by atoms with Crippen LogP contribution in [0.4, 0.5) is 13.6 Å². The Morgan fingerprint density at radius 3 is 2.52 bits per heavy atom. The summed E-state index contributed by atoms with van der Waals surface area (Å²) in [6.45, 7) is -0.219. The van der Waals surface area contributed by atoms with Crippen LogP contribution < -0.4 is 10.6 Å². The number of benzene rings is 2. The predicted molar refractivity (Wildman–Crippen MR) is 86.7 cm³/mol. The van der Waals surface area contributed by atoms with Crippen LogP contribution in [-0.4, -0.2) is 25.8 Å². The van der Waals surface area contributed by atoms with Crippen molar-refractivity contribution in [2.45, 2.75) is 12.3 Å². The van der Waals surface area contributed by atoms with Crippen LogP contribution in [0.2, 0.25) is 0 Å². The molecule has 0 radical (unpaired) electrons. The molecule has 122 valence electrons. The summed E-state index contributed by atoms with van der Waals surface area (Å²) in [7, 11) is 0. The molecule has 0 spiro atoms. The Bertz CT molecular complexity index is 619. The number of carbonyl (C=O) groups excluding carboxylic acids is 1. The Labute approximate surface area is 134 Å². The fourth-order valence-corrected chi connectivity index (χ4v) is 2.42. The number of nitrogens with one attached hydrogen (secondary N) is 2. The quantitative estimate of drug-likeness (QED) is 0.807. The van der Waals surface area contributed by atoms with E-state index in [9.17, 15) is 13.6 Å². The molecule has 23 heavy (non-hydrogen) atoms.